The fourth-order valence-electron chi connectivity index (χ4n) is 1.45. The normalized spacial score (nSPS) is 11.0. The molecular formula is C11H12FNS. The third-order valence-corrected chi connectivity index (χ3v) is 3.18. The van der Waals surface area contributed by atoms with Crippen molar-refractivity contribution in [3.8, 4) is 0 Å². The first-order valence-corrected chi connectivity index (χ1v) is 5.55. The van der Waals surface area contributed by atoms with Crippen LogP contribution in [0.1, 0.15) is 12.5 Å². The Bertz CT molecular complexity index is 436. The summed E-state index contributed by atoms with van der Waals surface area (Å²) in [6.07, 6.45) is 0. The maximum absolute atomic E-state index is 12.9. The fraction of sp³-hybridized carbons (Fsp3) is 0.273. The van der Waals surface area contributed by atoms with Gasteiger partial charge in [-0.1, -0.05) is 13.0 Å². The molecule has 2 aromatic rings. The molecule has 0 radical (unpaired) electrons. The van der Waals surface area contributed by atoms with Crippen molar-refractivity contribution < 1.29 is 4.39 Å². The molecule has 0 amide bonds. The Morgan fingerprint density at radius 1 is 1.43 bits per heavy atom. The highest BCUT2D eigenvalue weighted by molar-refractivity contribution is 7.17. The first-order valence-electron chi connectivity index (χ1n) is 4.67. The van der Waals surface area contributed by atoms with Crippen LogP contribution in [-0.2, 0) is 6.54 Å². The highest BCUT2D eigenvalue weighted by Gasteiger charge is 2.03. The molecule has 2 rings (SSSR count). The molecule has 0 fully saturated rings. The Kier molecular flexibility index (Phi) is 2.79. The highest BCUT2D eigenvalue weighted by Crippen LogP contribution is 2.26. The monoisotopic (exact) mass is 209 g/mol. The van der Waals surface area contributed by atoms with Crippen LogP contribution in [0.4, 0.5) is 4.39 Å². The summed E-state index contributed by atoms with van der Waals surface area (Å²) in [5.74, 6) is -0.158. The van der Waals surface area contributed by atoms with Crippen LogP contribution < -0.4 is 5.32 Å². The molecule has 0 saturated heterocycles. The second-order valence-electron chi connectivity index (χ2n) is 3.18. The van der Waals surface area contributed by atoms with Gasteiger partial charge in [0.05, 0.1) is 0 Å². The molecule has 1 heterocycles. The van der Waals surface area contributed by atoms with Gasteiger partial charge in [-0.2, -0.15) is 0 Å². The molecule has 1 nitrogen and oxygen atoms in total. The summed E-state index contributed by atoms with van der Waals surface area (Å²) in [5, 5.41) is 6.52. The summed E-state index contributed by atoms with van der Waals surface area (Å²) in [5.41, 5.74) is 1.26. The largest absolute Gasteiger partial charge is 0.313 e. The first kappa shape index (κ1) is 9.62. The van der Waals surface area contributed by atoms with Crippen molar-refractivity contribution in [3.05, 3.63) is 35.0 Å². The van der Waals surface area contributed by atoms with Gasteiger partial charge in [0.2, 0.25) is 0 Å². The van der Waals surface area contributed by atoms with E-state index in [9.17, 15) is 4.39 Å². The van der Waals surface area contributed by atoms with Gasteiger partial charge in [0, 0.05) is 11.2 Å². The molecule has 74 valence electrons. The summed E-state index contributed by atoms with van der Waals surface area (Å²) >= 11 is 1.60. The summed E-state index contributed by atoms with van der Waals surface area (Å²) in [7, 11) is 0. The molecule has 0 bridgehead atoms. The lowest BCUT2D eigenvalue weighted by Crippen LogP contribution is -2.11. The van der Waals surface area contributed by atoms with Crippen molar-refractivity contribution in [1.82, 2.24) is 5.32 Å². The van der Waals surface area contributed by atoms with Gasteiger partial charge in [0.25, 0.3) is 0 Å². The smallest absolute Gasteiger partial charge is 0.124 e. The van der Waals surface area contributed by atoms with Crippen molar-refractivity contribution in [1.29, 1.82) is 0 Å². The van der Waals surface area contributed by atoms with Gasteiger partial charge in [-0.15, -0.1) is 11.3 Å². The number of benzene rings is 1. The molecule has 14 heavy (non-hydrogen) atoms. The standard InChI is InChI=1S/C11H12FNS/c1-2-13-6-8-7-14-11-5-9(12)3-4-10(8)11/h3-5,7,13H,2,6H2,1H3. The number of hydrogen-bond donors (Lipinski definition) is 1. The minimum Gasteiger partial charge on any atom is -0.313 e. The van der Waals surface area contributed by atoms with Crippen LogP contribution in [0.25, 0.3) is 10.1 Å². The lowest BCUT2D eigenvalue weighted by molar-refractivity contribution is 0.630. The van der Waals surface area contributed by atoms with E-state index in [0.717, 1.165) is 23.2 Å². The SMILES string of the molecule is CCNCc1csc2cc(F)ccc12. The Labute approximate surface area is 86.6 Å². The average Bonchev–Trinajstić information content (AvgIpc) is 2.57. The summed E-state index contributed by atoms with van der Waals surface area (Å²) in [6, 6.07) is 4.97. The van der Waals surface area contributed by atoms with Gasteiger partial charge in [0.15, 0.2) is 0 Å². The number of thiophene rings is 1. The van der Waals surface area contributed by atoms with Gasteiger partial charge in [-0.3, -0.25) is 0 Å². The molecule has 0 atom stereocenters. The van der Waals surface area contributed by atoms with E-state index in [1.54, 1.807) is 17.4 Å². The molecule has 0 saturated carbocycles. The number of hydrogen-bond acceptors (Lipinski definition) is 2. The fourth-order valence-corrected chi connectivity index (χ4v) is 2.44. The predicted octanol–water partition coefficient (Wildman–Crippen LogP) is 3.15. The van der Waals surface area contributed by atoms with E-state index < -0.39 is 0 Å². The van der Waals surface area contributed by atoms with E-state index in [2.05, 4.69) is 17.6 Å². The number of nitrogens with one attached hydrogen (secondary N) is 1. The third-order valence-electron chi connectivity index (χ3n) is 2.18. The molecule has 0 aliphatic heterocycles. The zero-order valence-electron chi connectivity index (χ0n) is 8.01. The maximum atomic E-state index is 12.9. The van der Waals surface area contributed by atoms with Crippen molar-refractivity contribution in [2.45, 2.75) is 13.5 Å². The van der Waals surface area contributed by atoms with E-state index in [1.807, 2.05) is 6.07 Å². The van der Waals surface area contributed by atoms with Crippen molar-refractivity contribution in [3.63, 3.8) is 0 Å². The summed E-state index contributed by atoms with van der Waals surface area (Å²) in [6.45, 7) is 3.90. The van der Waals surface area contributed by atoms with E-state index in [-0.39, 0.29) is 5.82 Å². The molecular weight excluding hydrogens is 197 g/mol. The van der Waals surface area contributed by atoms with Crippen LogP contribution in [0.2, 0.25) is 0 Å². The van der Waals surface area contributed by atoms with Gasteiger partial charge in [0.1, 0.15) is 5.82 Å². The Morgan fingerprint density at radius 2 is 2.29 bits per heavy atom. The second-order valence-corrected chi connectivity index (χ2v) is 4.09. The van der Waals surface area contributed by atoms with Gasteiger partial charge in [-0.05, 0) is 35.0 Å². The van der Waals surface area contributed by atoms with Crippen molar-refractivity contribution in [2.75, 3.05) is 6.54 Å². The first-order chi connectivity index (χ1) is 6.81. The van der Waals surface area contributed by atoms with Gasteiger partial charge >= 0.3 is 0 Å². The molecule has 0 unspecified atom stereocenters. The average molecular weight is 209 g/mol. The van der Waals surface area contributed by atoms with E-state index >= 15 is 0 Å². The minimum absolute atomic E-state index is 0.158. The second kappa shape index (κ2) is 4.07. The van der Waals surface area contributed by atoms with Crippen molar-refractivity contribution >= 4 is 21.4 Å². The topological polar surface area (TPSA) is 12.0 Å². The maximum Gasteiger partial charge on any atom is 0.124 e. The predicted molar refractivity (Wildman–Crippen MR) is 59.2 cm³/mol. The molecule has 0 aliphatic carbocycles. The van der Waals surface area contributed by atoms with Gasteiger partial charge < -0.3 is 5.32 Å². The Hall–Kier alpha value is -0.930. The zero-order chi connectivity index (χ0) is 9.97. The van der Waals surface area contributed by atoms with Crippen LogP contribution >= 0.6 is 11.3 Å². The Morgan fingerprint density at radius 3 is 3.07 bits per heavy atom. The van der Waals surface area contributed by atoms with Crippen LogP contribution in [0.15, 0.2) is 23.6 Å². The van der Waals surface area contributed by atoms with Crippen molar-refractivity contribution in [2.24, 2.45) is 0 Å². The van der Waals surface area contributed by atoms with E-state index in [1.165, 1.54) is 11.6 Å². The molecule has 1 aromatic heterocycles. The van der Waals surface area contributed by atoms with E-state index in [4.69, 9.17) is 0 Å². The molecule has 0 spiro atoms. The molecule has 1 aromatic carbocycles. The number of rotatable bonds is 3. The quantitative estimate of drug-likeness (QED) is 0.818. The molecule has 3 heteroatoms. The van der Waals surface area contributed by atoms with Gasteiger partial charge in [-0.25, -0.2) is 4.39 Å². The summed E-state index contributed by atoms with van der Waals surface area (Å²) < 4.78 is 13.9. The number of halogens is 1. The minimum atomic E-state index is -0.158. The Balaban J connectivity index is 2.37. The van der Waals surface area contributed by atoms with Crippen LogP contribution in [-0.4, -0.2) is 6.54 Å². The van der Waals surface area contributed by atoms with Crippen LogP contribution in [0, 0.1) is 5.82 Å². The zero-order valence-corrected chi connectivity index (χ0v) is 8.83. The molecule has 0 aliphatic rings. The highest BCUT2D eigenvalue weighted by atomic mass is 32.1. The summed E-state index contributed by atoms with van der Waals surface area (Å²) in [4.78, 5) is 0. The lowest BCUT2D eigenvalue weighted by Gasteiger charge is -1.99. The van der Waals surface area contributed by atoms with Crippen LogP contribution in [0.3, 0.4) is 0 Å². The van der Waals surface area contributed by atoms with E-state index in [0.29, 0.717) is 0 Å². The van der Waals surface area contributed by atoms with Crippen LogP contribution in [0.5, 0.6) is 0 Å². The third kappa shape index (κ3) is 1.79. The molecule has 1 N–H and O–H groups in total. The number of fused-ring (bicyclic) bond motifs is 1. The lowest BCUT2D eigenvalue weighted by atomic mass is 10.2.